The molecule has 5 rings (SSSR count). The zero-order valence-corrected chi connectivity index (χ0v) is 21.7. The van der Waals surface area contributed by atoms with Gasteiger partial charge in [-0.15, -0.1) is 0 Å². The number of carbonyl (C=O) groups is 4. The van der Waals surface area contributed by atoms with E-state index < -0.39 is 24.2 Å². The number of hydrogen-bond donors (Lipinski definition) is 2. The molecule has 0 saturated carbocycles. The average molecular weight is 517 g/mol. The van der Waals surface area contributed by atoms with Crippen LogP contribution in [0.4, 0.5) is 0 Å². The molecule has 4 atom stereocenters. The van der Waals surface area contributed by atoms with E-state index in [0.717, 1.165) is 24.0 Å². The van der Waals surface area contributed by atoms with Crippen molar-refractivity contribution in [2.45, 2.75) is 75.5 Å². The first kappa shape index (κ1) is 25.9. The van der Waals surface area contributed by atoms with Gasteiger partial charge < -0.3 is 20.4 Å². The summed E-state index contributed by atoms with van der Waals surface area (Å²) in [6.07, 6.45) is 3.91. The predicted octanol–water partition coefficient (Wildman–Crippen LogP) is 2.22. The number of fused-ring (bicyclic) bond motifs is 2. The molecule has 4 unspecified atom stereocenters. The van der Waals surface area contributed by atoms with E-state index in [9.17, 15) is 19.2 Å². The number of carbonyl (C=O) groups excluding carboxylic acids is 4. The average Bonchev–Trinajstić information content (AvgIpc) is 3.59. The highest BCUT2D eigenvalue weighted by atomic mass is 16.2. The fourth-order valence-corrected chi connectivity index (χ4v) is 6.10. The highest BCUT2D eigenvalue weighted by Gasteiger charge is 2.43. The summed E-state index contributed by atoms with van der Waals surface area (Å²) in [5.74, 6) is -0.679. The monoisotopic (exact) mass is 516 g/mol. The lowest BCUT2D eigenvalue weighted by molar-refractivity contribution is -0.147. The smallest absolute Gasteiger partial charge is 0.246 e. The van der Waals surface area contributed by atoms with Crippen LogP contribution in [0.3, 0.4) is 0 Å². The summed E-state index contributed by atoms with van der Waals surface area (Å²) in [5, 5.41) is 6.19. The van der Waals surface area contributed by atoms with Gasteiger partial charge in [-0.2, -0.15) is 0 Å². The molecule has 0 aliphatic carbocycles. The number of nitrogens with zero attached hydrogens (tertiary/aromatic N) is 2. The highest BCUT2D eigenvalue weighted by molar-refractivity contribution is 5.93. The lowest BCUT2D eigenvalue weighted by atomic mass is 9.99. The van der Waals surface area contributed by atoms with Gasteiger partial charge in [-0.25, -0.2) is 0 Å². The quantitative estimate of drug-likeness (QED) is 0.651. The molecular weight excluding hydrogens is 480 g/mol. The van der Waals surface area contributed by atoms with Gasteiger partial charge in [-0.05, 0) is 49.7 Å². The number of hydrogen-bond acceptors (Lipinski definition) is 4. The zero-order chi connectivity index (χ0) is 26.5. The normalized spacial score (nSPS) is 26.8. The van der Waals surface area contributed by atoms with Crippen molar-refractivity contribution in [3.63, 3.8) is 0 Å². The maximum absolute atomic E-state index is 13.6. The van der Waals surface area contributed by atoms with Crippen LogP contribution in [0.2, 0.25) is 0 Å². The van der Waals surface area contributed by atoms with Crippen molar-refractivity contribution in [3.8, 4) is 0 Å². The van der Waals surface area contributed by atoms with Crippen molar-refractivity contribution < 1.29 is 19.2 Å². The molecule has 0 spiro atoms. The zero-order valence-electron chi connectivity index (χ0n) is 21.7. The third-order valence-corrected chi connectivity index (χ3v) is 7.91. The second kappa shape index (κ2) is 11.8. The fourth-order valence-electron chi connectivity index (χ4n) is 6.10. The van der Waals surface area contributed by atoms with E-state index in [2.05, 4.69) is 10.6 Å². The highest BCUT2D eigenvalue weighted by Crippen LogP contribution is 2.26. The first-order chi connectivity index (χ1) is 18.5. The summed E-state index contributed by atoms with van der Waals surface area (Å²) < 4.78 is 0. The molecule has 8 heteroatoms. The summed E-state index contributed by atoms with van der Waals surface area (Å²) in [7, 11) is 0. The van der Waals surface area contributed by atoms with E-state index >= 15 is 0 Å². The van der Waals surface area contributed by atoms with Gasteiger partial charge in [-0.3, -0.25) is 19.2 Å². The Labute approximate surface area is 223 Å². The van der Waals surface area contributed by atoms with Gasteiger partial charge >= 0.3 is 0 Å². The maximum Gasteiger partial charge on any atom is 0.246 e. The van der Waals surface area contributed by atoms with Crippen LogP contribution in [-0.4, -0.2) is 70.7 Å². The lowest BCUT2D eigenvalue weighted by Crippen LogP contribution is -2.55. The second-order valence-corrected chi connectivity index (χ2v) is 10.7. The van der Waals surface area contributed by atoms with E-state index in [1.807, 2.05) is 60.7 Å². The molecule has 8 nitrogen and oxygen atoms in total. The first-order valence-corrected chi connectivity index (χ1v) is 13.8. The largest absolute Gasteiger partial charge is 0.352 e. The van der Waals surface area contributed by atoms with Crippen molar-refractivity contribution in [2.75, 3.05) is 13.1 Å². The Hall–Kier alpha value is -3.68. The topological polar surface area (TPSA) is 98.8 Å². The molecule has 4 amide bonds. The Morgan fingerprint density at radius 3 is 1.84 bits per heavy atom. The minimum absolute atomic E-state index is 0.0904. The number of benzene rings is 2. The van der Waals surface area contributed by atoms with Crippen LogP contribution in [-0.2, 0) is 32.0 Å². The molecule has 0 radical (unpaired) electrons. The SMILES string of the molecule is O=C1CC(Cc2ccccc2)NC(=O)C2CCCN2C(=O)C2CCCN2C(=O)CC(Cc2ccccc2)N1. The van der Waals surface area contributed by atoms with Crippen molar-refractivity contribution in [1.29, 1.82) is 0 Å². The maximum atomic E-state index is 13.6. The summed E-state index contributed by atoms with van der Waals surface area (Å²) in [6, 6.07) is 17.6. The van der Waals surface area contributed by atoms with Gasteiger partial charge in [0.2, 0.25) is 23.6 Å². The van der Waals surface area contributed by atoms with E-state index in [-0.39, 0.29) is 36.5 Å². The first-order valence-electron chi connectivity index (χ1n) is 13.8. The molecule has 0 aromatic heterocycles. The Morgan fingerprint density at radius 1 is 0.658 bits per heavy atom. The standard InChI is InChI=1S/C30H36N4O4/c35-27-19-23(17-21-9-3-1-4-10-21)32-29(37)25-13-7-16-34(25)30(38)26-14-8-15-33(26)28(36)20-24(31-27)18-22-11-5-2-6-12-22/h1-6,9-12,23-26H,7-8,13-20H2,(H,31,35)(H,32,37). The van der Waals surface area contributed by atoms with Crippen LogP contribution in [0.1, 0.15) is 49.7 Å². The van der Waals surface area contributed by atoms with Crippen LogP contribution < -0.4 is 10.6 Å². The van der Waals surface area contributed by atoms with Gasteiger partial charge in [0, 0.05) is 38.0 Å². The molecule has 0 bridgehead atoms. The molecule has 200 valence electrons. The van der Waals surface area contributed by atoms with Crippen molar-refractivity contribution in [2.24, 2.45) is 0 Å². The summed E-state index contributed by atoms with van der Waals surface area (Å²) in [5.41, 5.74) is 2.04. The van der Waals surface area contributed by atoms with Crippen LogP contribution in [0.15, 0.2) is 60.7 Å². The number of rotatable bonds is 4. The van der Waals surface area contributed by atoms with Crippen LogP contribution in [0, 0.1) is 0 Å². The lowest BCUT2D eigenvalue weighted by Gasteiger charge is -2.33. The Kier molecular flexibility index (Phi) is 8.05. The molecule has 2 N–H and O–H groups in total. The van der Waals surface area contributed by atoms with Crippen molar-refractivity contribution in [3.05, 3.63) is 71.8 Å². The molecule has 3 aliphatic heterocycles. The summed E-state index contributed by atoms with van der Waals surface area (Å²) in [4.78, 5) is 57.3. The molecule has 3 fully saturated rings. The fraction of sp³-hybridized carbons (Fsp3) is 0.467. The number of amides is 4. The van der Waals surface area contributed by atoms with Gasteiger partial charge in [-0.1, -0.05) is 60.7 Å². The Balaban J connectivity index is 1.43. The predicted molar refractivity (Wildman–Crippen MR) is 143 cm³/mol. The molecule has 2 aromatic carbocycles. The van der Waals surface area contributed by atoms with Gasteiger partial charge in [0.1, 0.15) is 12.1 Å². The number of nitrogens with one attached hydrogen (secondary N) is 2. The minimum atomic E-state index is -0.574. The Morgan fingerprint density at radius 2 is 1.21 bits per heavy atom. The molecule has 2 aromatic rings. The van der Waals surface area contributed by atoms with Gasteiger partial charge in [0.05, 0.1) is 0 Å². The van der Waals surface area contributed by atoms with E-state index in [1.54, 1.807) is 9.80 Å². The van der Waals surface area contributed by atoms with E-state index in [4.69, 9.17) is 0 Å². The third kappa shape index (κ3) is 6.06. The van der Waals surface area contributed by atoms with Crippen LogP contribution in [0.5, 0.6) is 0 Å². The van der Waals surface area contributed by atoms with Gasteiger partial charge in [0.15, 0.2) is 0 Å². The van der Waals surface area contributed by atoms with Crippen molar-refractivity contribution in [1.82, 2.24) is 20.4 Å². The molecule has 3 saturated heterocycles. The minimum Gasteiger partial charge on any atom is -0.352 e. The second-order valence-electron chi connectivity index (χ2n) is 10.7. The molecule has 3 heterocycles. The Bertz CT molecular complexity index is 1070. The van der Waals surface area contributed by atoms with E-state index in [1.165, 1.54) is 0 Å². The molecular formula is C30H36N4O4. The molecule has 3 aliphatic rings. The third-order valence-electron chi connectivity index (χ3n) is 7.91. The van der Waals surface area contributed by atoms with Crippen LogP contribution in [0.25, 0.3) is 0 Å². The van der Waals surface area contributed by atoms with Gasteiger partial charge in [0.25, 0.3) is 0 Å². The summed E-state index contributed by atoms with van der Waals surface area (Å²) in [6.45, 7) is 1.03. The summed E-state index contributed by atoms with van der Waals surface area (Å²) >= 11 is 0. The van der Waals surface area contributed by atoms with Crippen LogP contribution >= 0.6 is 0 Å². The molecule has 38 heavy (non-hydrogen) atoms. The van der Waals surface area contributed by atoms with Crippen molar-refractivity contribution >= 4 is 23.6 Å². The van der Waals surface area contributed by atoms with E-state index in [0.29, 0.717) is 38.8 Å².